The third-order valence-corrected chi connectivity index (χ3v) is 2.98. The van der Waals surface area contributed by atoms with Crippen molar-refractivity contribution in [1.29, 1.82) is 0 Å². The lowest BCUT2D eigenvalue weighted by molar-refractivity contribution is 0.0408. The smallest absolute Gasteiger partial charge is 0.409 e. The monoisotopic (exact) mass is 261 g/mol. The Morgan fingerprint density at radius 2 is 2.00 bits per heavy atom. The predicted molar refractivity (Wildman–Crippen MR) is 54.4 cm³/mol. The highest BCUT2D eigenvalue weighted by Gasteiger charge is 2.36. The maximum atomic E-state index is 13.5. The van der Waals surface area contributed by atoms with Crippen molar-refractivity contribution in [2.45, 2.75) is 18.6 Å². The van der Waals surface area contributed by atoms with Gasteiger partial charge in [-0.3, -0.25) is 4.90 Å². The third-order valence-electron chi connectivity index (χ3n) is 2.98. The van der Waals surface area contributed by atoms with Crippen molar-refractivity contribution in [2.24, 2.45) is 0 Å². The largest absolute Gasteiger partial charge is 0.465 e. The van der Waals surface area contributed by atoms with Gasteiger partial charge >= 0.3 is 6.09 Å². The standard InChI is InChI=1S/C11H10F3NO3/c12-6-2-7(10(14)8(13)3-6)5-1-9(16)15(4-5)11(17)18/h2-3,5,9,16H,1,4H2,(H,17,18)/t5-,9?/m0/s1. The molecule has 1 aromatic carbocycles. The van der Waals surface area contributed by atoms with Gasteiger partial charge in [0.15, 0.2) is 11.6 Å². The van der Waals surface area contributed by atoms with Crippen molar-refractivity contribution in [3.05, 3.63) is 35.1 Å². The van der Waals surface area contributed by atoms with Crippen molar-refractivity contribution in [3.8, 4) is 0 Å². The number of benzene rings is 1. The van der Waals surface area contributed by atoms with Crippen molar-refractivity contribution in [1.82, 2.24) is 4.90 Å². The predicted octanol–water partition coefficient (Wildman–Crippen LogP) is 1.89. The van der Waals surface area contributed by atoms with Crippen LogP contribution in [0.2, 0.25) is 0 Å². The minimum atomic E-state index is -1.36. The Morgan fingerprint density at radius 3 is 2.56 bits per heavy atom. The van der Waals surface area contributed by atoms with E-state index < -0.39 is 35.7 Å². The fraction of sp³-hybridized carbons (Fsp3) is 0.364. The van der Waals surface area contributed by atoms with Gasteiger partial charge in [0.1, 0.15) is 12.0 Å². The number of amides is 1. The second-order valence-corrected chi connectivity index (χ2v) is 4.14. The summed E-state index contributed by atoms with van der Waals surface area (Å²) in [5.74, 6) is -4.23. The van der Waals surface area contributed by atoms with Crippen molar-refractivity contribution >= 4 is 6.09 Å². The number of carboxylic acid groups (broad SMARTS) is 1. The van der Waals surface area contributed by atoms with E-state index in [1.54, 1.807) is 0 Å². The fourth-order valence-corrected chi connectivity index (χ4v) is 2.12. The quantitative estimate of drug-likeness (QED) is 0.759. The summed E-state index contributed by atoms with van der Waals surface area (Å²) in [5, 5.41) is 18.2. The molecule has 2 N–H and O–H groups in total. The van der Waals surface area contributed by atoms with E-state index in [4.69, 9.17) is 5.11 Å². The number of nitrogens with zero attached hydrogens (tertiary/aromatic N) is 1. The lowest BCUT2D eigenvalue weighted by atomic mass is 9.97. The molecule has 1 amide bonds. The van der Waals surface area contributed by atoms with Gasteiger partial charge in [-0.15, -0.1) is 0 Å². The highest BCUT2D eigenvalue weighted by molar-refractivity contribution is 5.65. The van der Waals surface area contributed by atoms with Crippen LogP contribution < -0.4 is 0 Å². The van der Waals surface area contributed by atoms with Crippen LogP contribution in [0.15, 0.2) is 12.1 Å². The number of halogens is 3. The number of rotatable bonds is 1. The van der Waals surface area contributed by atoms with Crippen LogP contribution in [0.25, 0.3) is 0 Å². The van der Waals surface area contributed by atoms with Crippen LogP contribution in [0.3, 0.4) is 0 Å². The van der Waals surface area contributed by atoms with Gasteiger partial charge in [0.2, 0.25) is 0 Å². The summed E-state index contributed by atoms with van der Waals surface area (Å²) in [6.07, 6.45) is -2.74. The van der Waals surface area contributed by atoms with Crippen molar-refractivity contribution in [2.75, 3.05) is 6.54 Å². The molecule has 1 aromatic rings. The molecule has 1 saturated heterocycles. The zero-order chi connectivity index (χ0) is 13.4. The molecule has 0 spiro atoms. The number of aliphatic hydroxyl groups excluding tert-OH is 1. The van der Waals surface area contributed by atoms with Gasteiger partial charge in [-0.25, -0.2) is 18.0 Å². The molecule has 1 heterocycles. The second-order valence-electron chi connectivity index (χ2n) is 4.14. The summed E-state index contributed by atoms with van der Waals surface area (Å²) in [7, 11) is 0. The van der Waals surface area contributed by atoms with E-state index in [9.17, 15) is 23.1 Å². The molecule has 1 aliphatic rings. The lowest BCUT2D eigenvalue weighted by Gasteiger charge is -2.15. The van der Waals surface area contributed by atoms with Crippen LogP contribution in [0.1, 0.15) is 17.9 Å². The SMILES string of the molecule is O=C(O)N1C[C@@H](c2cc(F)cc(F)c2F)CC1O. The molecule has 1 fully saturated rings. The van der Waals surface area contributed by atoms with Crippen molar-refractivity contribution in [3.63, 3.8) is 0 Å². The number of hydrogen-bond acceptors (Lipinski definition) is 2. The van der Waals surface area contributed by atoms with Crippen LogP contribution in [0.4, 0.5) is 18.0 Å². The number of carbonyl (C=O) groups is 1. The topological polar surface area (TPSA) is 60.8 Å². The normalized spacial score (nSPS) is 23.4. The Bertz CT molecular complexity index is 495. The van der Waals surface area contributed by atoms with E-state index in [0.29, 0.717) is 11.0 Å². The highest BCUT2D eigenvalue weighted by Crippen LogP contribution is 2.33. The summed E-state index contributed by atoms with van der Waals surface area (Å²) in [5.41, 5.74) is -0.254. The average molecular weight is 261 g/mol. The molecule has 0 bridgehead atoms. The Morgan fingerprint density at radius 1 is 1.33 bits per heavy atom. The molecule has 7 heteroatoms. The summed E-state index contributed by atoms with van der Waals surface area (Å²) in [6, 6.07) is 1.24. The molecule has 0 saturated carbocycles. The zero-order valence-corrected chi connectivity index (χ0v) is 9.11. The molecule has 0 aromatic heterocycles. The van der Waals surface area contributed by atoms with E-state index in [0.717, 1.165) is 6.07 Å². The van der Waals surface area contributed by atoms with Gasteiger partial charge in [0.25, 0.3) is 0 Å². The van der Waals surface area contributed by atoms with Crippen LogP contribution in [0.5, 0.6) is 0 Å². The van der Waals surface area contributed by atoms with Gasteiger partial charge in [0.05, 0.1) is 0 Å². The zero-order valence-electron chi connectivity index (χ0n) is 9.11. The summed E-state index contributed by atoms with van der Waals surface area (Å²) >= 11 is 0. The van der Waals surface area contributed by atoms with Gasteiger partial charge in [-0.1, -0.05) is 0 Å². The highest BCUT2D eigenvalue weighted by atomic mass is 19.2. The Hall–Kier alpha value is -1.76. The first-order chi connectivity index (χ1) is 8.40. The molecular weight excluding hydrogens is 251 g/mol. The van der Waals surface area contributed by atoms with Gasteiger partial charge < -0.3 is 10.2 Å². The minimum absolute atomic E-state index is 0.0912. The molecule has 2 rings (SSSR count). The summed E-state index contributed by atoms with van der Waals surface area (Å²) in [6.45, 7) is -0.198. The average Bonchev–Trinajstić information content (AvgIpc) is 2.65. The van der Waals surface area contributed by atoms with Crippen LogP contribution in [-0.4, -0.2) is 34.0 Å². The minimum Gasteiger partial charge on any atom is -0.465 e. The molecule has 0 radical (unpaired) electrons. The van der Waals surface area contributed by atoms with E-state index >= 15 is 0 Å². The number of hydrogen-bond donors (Lipinski definition) is 2. The molecule has 2 atom stereocenters. The molecule has 4 nitrogen and oxygen atoms in total. The Balaban J connectivity index is 2.32. The fourth-order valence-electron chi connectivity index (χ4n) is 2.12. The molecular formula is C11H10F3NO3. The summed E-state index contributed by atoms with van der Waals surface area (Å²) in [4.78, 5) is 11.4. The van der Waals surface area contributed by atoms with Gasteiger partial charge in [-0.2, -0.15) is 0 Å². The van der Waals surface area contributed by atoms with E-state index in [1.165, 1.54) is 0 Å². The maximum Gasteiger partial charge on any atom is 0.409 e. The Labute approximate surface area is 100 Å². The number of likely N-dealkylation sites (tertiary alicyclic amines) is 1. The molecule has 1 aliphatic heterocycles. The van der Waals surface area contributed by atoms with E-state index in [2.05, 4.69) is 0 Å². The second kappa shape index (κ2) is 4.49. The molecule has 18 heavy (non-hydrogen) atoms. The first-order valence-electron chi connectivity index (χ1n) is 5.22. The summed E-state index contributed by atoms with van der Waals surface area (Å²) < 4.78 is 39.6. The van der Waals surface area contributed by atoms with Crippen LogP contribution in [-0.2, 0) is 0 Å². The van der Waals surface area contributed by atoms with Gasteiger partial charge in [-0.05, 0) is 11.6 Å². The third kappa shape index (κ3) is 2.13. The molecule has 0 aliphatic carbocycles. The van der Waals surface area contributed by atoms with Crippen molar-refractivity contribution < 1.29 is 28.2 Å². The first kappa shape index (κ1) is 12.7. The Kier molecular flexibility index (Phi) is 3.16. The van der Waals surface area contributed by atoms with Crippen LogP contribution >= 0.6 is 0 Å². The van der Waals surface area contributed by atoms with Crippen LogP contribution in [0, 0.1) is 17.5 Å². The molecule has 98 valence electrons. The van der Waals surface area contributed by atoms with E-state index in [1.807, 2.05) is 0 Å². The number of aliphatic hydroxyl groups is 1. The van der Waals surface area contributed by atoms with E-state index in [-0.39, 0.29) is 18.5 Å². The van der Waals surface area contributed by atoms with Gasteiger partial charge in [0, 0.05) is 24.9 Å². The molecule has 1 unspecified atom stereocenters. The first-order valence-corrected chi connectivity index (χ1v) is 5.22. The maximum absolute atomic E-state index is 13.5. The lowest BCUT2D eigenvalue weighted by Crippen LogP contribution is -2.34.